The lowest BCUT2D eigenvalue weighted by atomic mass is 10.2. The first kappa shape index (κ1) is 13.8. The summed E-state index contributed by atoms with van der Waals surface area (Å²) in [5.41, 5.74) is -0.699. The van der Waals surface area contributed by atoms with E-state index >= 15 is 0 Å². The molecule has 98 valence electrons. The molecule has 0 saturated carbocycles. The van der Waals surface area contributed by atoms with E-state index in [0.717, 1.165) is 12.3 Å². The normalized spacial score (nSPS) is 10.4. The van der Waals surface area contributed by atoms with Crippen LogP contribution in [0.25, 0.3) is 0 Å². The van der Waals surface area contributed by atoms with E-state index in [9.17, 15) is 14.9 Å². The quantitative estimate of drug-likeness (QED) is 0.586. The van der Waals surface area contributed by atoms with Gasteiger partial charge in [-0.15, -0.1) is 0 Å². The average molecular weight is 255 g/mol. The Balaban J connectivity index is 2.90. The number of nitrogens with zero attached hydrogens (tertiary/aromatic N) is 3. The summed E-state index contributed by atoms with van der Waals surface area (Å²) in [7, 11) is 3.68. The number of carbonyl (C=O) groups is 1. The van der Waals surface area contributed by atoms with Crippen LogP contribution in [0.2, 0.25) is 0 Å². The SMILES string of the molecule is CN(C)CCOc1ncc([N+](=O)[O-])cc1C(=O)O. The summed E-state index contributed by atoms with van der Waals surface area (Å²) in [5, 5.41) is 19.4. The van der Waals surface area contributed by atoms with Crippen molar-refractivity contribution in [1.82, 2.24) is 9.88 Å². The zero-order valence-corrected chi connectivity index (χ0v) is 9.99. The first-order chi connectivity index (χ1) is 8.41. The van der Waals surface area contributed by atoms with Gasteiger partial charge in [-0.3, -0.25) is 10.1 Å². The van der Waals surface area contributed by atoms with Gasteiger partial charge in [-0.1, -0.05) is 0 Å². The van der Waals surface area contributed by atoms with Gasteiger partial charge in [0, 0.05) is 12.6 Å². The first-order valence-electron chi connectivity index (χ1n) is 5.07. The number of aromatic carboxylic acids is 1. The van der Waals surface area contributed by atoms with Crippen molar-refractivity contribution in [1.29, 1.82) is 0 Å². The second-order valence-electron chi connectivity index (χ2n) is 3.76. The molecule has 1 heterocycles. The number of carboxylic acids is 1. The van der Waals surface area contributed by atoms with Crippen LogP contribution in [0.15, 0.2) is 12.3 Å². The van der Waals surface area contributed by atoms with Crippen LogP contribution in [0.4, 0.5) is 5.69 Å². The van der Waals surface area contributed by atoms with Crippen molar-refractivity contribution in [3.63, 3.8) is 0 Å². The fourth-order valence-corrected chi connectivity index (χ4v) is 1.13. The lowest BCUT2D eigenvalue weighted by Gasteiger charge is -2.11. The predicted molar refractivity (Wildman–Crippen MR) is 61.9 cm³/mol. The highest BCUT2D eigenvalue weighted by molar-refractivity contribution is 5.90. The molecule has 0 spiro atoms. The molecule has 0 amide bonds. The van der Waals surface area contributed by atoms with Crippen LogP contribution in [0.5, 0.6) is 5.88 Å². The second kappa shape index (κ2) is 5.92. The Bertz CT molecular complexity index is 461. The molecule has 0 radical (unpaired) electrons. The molecule has 0 saturated heterocycles. The van der Waals surface area contributed by atoms with Crippen LogP contribution in [0.3, 0.4) is 0 Å². The summed E-state index contributed by atoms with van der Waals surface area (Å²) in [4.78, 5) is 26.3. The molecule has 0 bridgehead atoms. The zero-order valence-electron chi connectivity index (χ0n) is 9.99. The minimum absolute atomic E-state index is 0.116. The number of hydrogen-bond acceptors (Lipinski definition) is 6. The summed E-state index contributed by atoms with van der Waals surface area (Å²) in [6, 6.07) is 0.931. The molecule has 1 aromatic heterocycles. The largest absolute Gasteiger partial charge is 0.477 e. The maximum Gasteiger partial charge on any atom is 0.341 e. The molecule has 0 unspecified atom stereocenters. The molecule has 8 nitrogen and oxygen atoms in total. The number of likely N-dealkylation sites (N-methyl/N-ethyl adjacent to an activating group) is 1. The maximum absolute atomic E-state index is 10.9. The van der Waals surface area contributed by atoms with Crippen molar-refractivity contribution in [3.8, 4) is 5.88 Å². The number of ether oxygens (including phenoxy) is 1. The Kier molecular flexibility index (Phi) is 4.55. The molecular formula is C10H13N3O5. The third-order valence-corrected chi connectivity index (χ3v) is 2.06. The standard InChI is InChI=1S/C10H13N3O5/c1-12(2)3-4-18-9-8(10(14)15)5-7(6-11-9)13(16)17/h5-6H,3-4H2,1-2H3,(H,14,15). The molecule has 0 aliphatic carbocycles. The highest BCUT2D eigenvalue weighted by atomic mass is 16.6. The van der Waals surface area contributed by atoms with Crippen molar-refractivity contribution >= 4 is 11.7 Å². The number of nitro groups is 1. The van der Waals surface area contributed by atoms with Crippen LogP contribution >= 0.6 is 0 Å². The van der Waals surface area contributed by atoms with Gasteiger partial charge in [0.25, 0.3) is 5.69 Å². The van der Waals surface area contributed by atoms with Crippen molar-refractivity contribution < 1.29 is 19.6 Å². The van der Waals surface area contributed by atoms with Gasteiger partial charge < -0.3 is 14.7 Å². The molecule has 8 heteroatoms. The molecule has 0 aliphatic rings. The number of hydrogen-bond donors (Lipinski definition) is 1. The highest BCUT2D eigenvalue weighted by Crippen LogP contribution is 2.20. The van der Waals surface area contributed by atoms with E-state index in [0.29, 0.717) is 6.54 Å². The number of aromatic nitrogens is 1. The Labute approximate surface area is 103 Å². The monoisotopic (exact) mass is 255 g/mol. The fraction of sp³-hybridized carbons (Fsp3) is 0.400. The predicted octanol–water partition coefficient (Wildman–Crippen LogP) is 0.628. The van der Waals surface area contributed by atoms with Crippen molar-refractivity contribution in [2.24, 2.45) is 0 Å². The highest BCUT2D eigenvalue weighted by Gasteiger charge is 2.18. The average Bonchev–Trinajstić information content (AvgIpc) is 2.28. The number of pyridine rings is 1. The Morgan fingerprint density at radius 2 is 2.28 bits per heavy atom. The minimum atomic E-state index is -1.31. The maximum atomic E-state index is 10.9. The van der Waals surface area contributed by atoms with E-state index in [2.05, 4.69) is 4.98 Å². The zero-order chi connectivity index (χ0) is 13.7. The summed E-state index contributed by atoms with van der Waals surface area (Å²) >= 11 is 0. The topological polar surface area (TPSA) is 106 Å². The summed E-state index contributed by atoms with van der Waals surface area (Å²) < 4.78 is 5.19. The van der Waals surface area contributed by atoms with Crippen LogP contribution in [-0.2, 0) is 0 Å². The third-order valence-electron chi connectivity index (χ3n) is 2.06. The lowest BCUT2D eigenvalue weighted by Crippen LogP contribution is -2.20. The molecule has 0 atom stereocenters. The van der Waals surface area contributed by atoms with Crippen LogP contribution in [0.1, 0.15) is 10.4 Å². The third kappa shape index (κ3) is 3.67. The Morgan fingerprint density at radius 3 is 2.78 bits per heavy atom. The van der Waals surface area contributed by atoms with Gasteiger partial charge in [-0.2, -0.15) is 0 Å². The van der Waals surface area contributed by atoms with E-state index in [1.54, 1.807) is 0 Å². The summed E-state index contributed by atoms with van der Waals surface area (Å²) in [6.07, 6.45) is 0.970. The molecule has 1 rings (SSSR count). The Hall–Kier alpha value is -2.22. The fourth-order valence-electron chi connectivity index (χ4n) is 1.13. The van der Waals surface area contributed by atoms with Gasteiger partial charge in [0.05, 0.1) is 4.92 Å². The van der Waals surface area contributed by atoms with Crippen LogP contribution in [0, 0.1) is 10.1 Å². The first-order valence-corrected chi connectivity index (χ1v) is 5.07. The van der Waals surface area contributed by atoms with Gasteiger partial charge in [0.1, 0.15) is 18.4 Å². The van der Waals surface area contributed by atoms with Gasteiger partial charge >= 0.3 is 5.97 Å². The number of carboxylic acid groups (broad SMARTS) is 1. The Morgan fingerprint density at radius 1 is 1.61 bits per heavy atom. The number of rotatable bonds is 6. The van der Waals surface area contributed by atoms with Crippen molar-refractivity contribution in [3.05, 3.63) is 27.9 Å². The van der Waals surface area contributed by atoms with Gasteiger partial charge in [-0.25, -0.2) is 9.78 Å². The van der Waals surface area contributed by atoms with Crippen LogP contribution in [-0.4, -0.2) is 53.1 Å². The van der Waals surface area contributed by atoms with E-state index in [4.69, 9.17) is 9.84 Å². The van der Waals surface area contributed by atoms with E-state index in [1.807, 2.05) is 19.0 Å². The van der Waals surface area contributed by atoms with Gasteiger partial charge in [0.2, 0.25) is 5.88 Å². The van der Waals surface area contributed by atoms with E-state index in [-0.39, 0.29) is 23.7 Å². The second-order valence-corrected chi connectivity index (χ2v) is 3.76. The molecule has 0 fully saturated rings. The smallest absolute Gasteiger partial charge is 0.341 e. The van der Waals surface area contributed by atoms with Crippen LogP contribution < -0.4 is 4.74 Å². The summed E-state index contributed by atoms with van der Waals surface area (Å²) in [5.74, 6) is -1.43. The molecule has 1 aromatic rings. The van der Waals surface area contributed by atoms with Gasteiger partial charge in [-0.05, 0) is 14.1 Å². The van der Waals surface area contributed by atoms with E-state index < -0.39 is 10.9 Å². The lowest BCUT2D eigenvalue weighted by molar-refractivity contribution is -0.385. The van der Waals surface area contributed by atoms with Crippen molar-refractivity contribution in [2.75, 3.05) is 27.2 Å². The van der Waals surface area contributed by atoms with Crippen molar-refractivity contribution in [2.45, 2.75) is 0 Å². The molecule has 1 N–H and O–H groups in total. The van der Waals surface area contributed by atoms with Gasteiger partial charge in [0.15, 0.2) is 0 Å². The minimum Gasteiger partial charge on any atom is -0.477 e. The molecule has 0 aliphatic heterocycles. The summed E-state index contributed by atoms with van der Waals surface area (Å²) in [6.45, 7) is 0.829. The molecule has 0 aromatic carbocycles. The molecule has 18 heavy (non-hydrogen) atoms. The van der Waals surface area contributed by atoms with E-state index in [1.165, 1.54) is 0 Å². The molecular weight excluding hydrogens is 242 g/mol.